The van der Waals surface area contributed by atoms with Crippen molar-refractivity contribution in [2.45, 2.75) is 19.5 Å². The molecule has 1 unspecified atom stereocenters. The quantitative estimate of drug-likeness (QED) is 0.873. The number of hydrogen-bond acceptors (Lipinski definition) is 5. The highest BCUT2D eigenvalue weighted by atomic mass is 19.4. The Morgan fingerprint density at radius 3 is 2.95 bits per heavy atom. The Morgan fingerprint density at radius 1 is 1.43 bits per heavy atom. The van der Waals surface area contributed by atoms with Gasteiger partial charge >= 0.3 is 6.18 Å². The van der Waals surface area contributed by atoms with Gasteiger partial charge in [-0.2, -0.15) is 13.2 Å². The van der Waals surface area contributed by atoms with Crippen molar-refractivity contribution >= 4 is 5.82 Å². The third-order valence-corrected chi connectivity index (χ3v) is 3.28. The van der Waals surface area contributed by atoms with Crippen LogP contribution in [0.15, 0.2) is 12.4 Å². The summed E-state index contributed by atoms with van der Waals surface area (Å²) in [5.74, 6) is 1.31. The van der Waals surface area contributed by atoms with Crippen LogP contribution in [0.25, 0.3) is 0 Å². The molecule has 1 aliphatic rings. The molecule has 0 aromatic carbocycles. The molecule has 1 saturated heterocycles. The van der Waals surface area contributed by atoms with E-state index in [1.807, 2.05) is 6.92 Å². The minimum Gasteiger partial charge on any atom is -0.478 e. The van der Waals surface area contributed by atoms with Crippen LogP contribution in [0.2, 0.25) is 0 Å². The molecular weight excluding hydrogens is 285 g/mol. The van der Waals surface area contributed by atoms with E-state index in [1.165, 1.54) is 11.2 Å². The predicted molar refractivity (Wildman–Crippen MR) is 72.3 cm³/mol. The van der Waals surface area contributed by atoms with Crippen molar-refractivity contribution in [2.75, 3.05) is 38.1 Å². The number of halogens is 3. The first-order valence-electron chi connectivity index (χ1n) is 6.94. The average Bonchev–Trinajstić information content (AvgIpc) is 2.83. The molecule has 2 rings (SSSR count). The molecule has 0 bridgehead atoms. The van der Waals surface area contributed by atoms with Crippen LogP contribution in [0.5, 0.6) is 5.88 Å². The highest BCUT2D eigenvalue weighted by Gasteiger charge is 2.34. The lowest BCUT2D eigenvalue weighted by atomic mass is 10.1. The number of hydrogen-bond donors (Lipinski definition) is 1. The lowest BCUT2D eigenvalue weighted by molar-refractivity contribution is -0.143. The second kappa shape index (κ2) is 6.93. The largest absolute Gasteiger partial charge is 0.478 e. The Kier molecular flexibility index (Phi) is 5.22. The zero-order chi connectivity index (χ0) is 15.3. The normalized spacial score (nSPS) is 19.7. The highest BCUT2D eigenvalue weighted by molar-refractivity contribution is 5.37. The highest BCUT2D eigenvalue weighted by Crippen LogP contribution is 2.23. The van der Waals surface area contributed by atoms with Gasteiger partial charge in [-0.25, -0.2) is 9.97 Å². The Labute approximate surface area is 121 Å². The molecule has 1 aromatic rings. The zero-order valence-electron chi connectivity index (χ0n) is 11.9. The molecule has 5 nitrogen and oxygen atoms in total. The Hall–Kier alpha value is -1.57. The van der Waals surface area contributed by atoms with Gasteiger partial charge < -0.3 is 10.1 Å². The Morgan fingerprint density at radius 2 is 2.24 bits per heavy atom. The fraction of sp³-hybridized carbons (Fsp3) is 0.692. The minimum atomic E-state index is -4.12. The zero-order valence-corrected chi connectivity index (χ0v) is 11.9. The molecule has 1 aromatic heterocycles. The van der Waals surface area contributed by atoms with Crippen molar-refractivity contribution in [3.63, 3.8) is 0 Å². The number of anilines is 1. The first-order valence-corrected chi connectivity index (χ1v) is 6.94. The molecule has 1 fully saturated rings. The maximum Gasteiger partial charge on any atom is 0.401 e. The van der Waals surface area contributed by atoms with Gasteiger partial charge in [-0.3, -0.25) is 4.90 Å². The van der Waals surface area contributed by atoms with Gasteiger partial charge in [0.05, 0.1) is 13.2 Å². The van der Waals surface area contributed by atoms with Gasteiger partial charge in [-0.1, -0.05) is 0 Å². The molecule has 0 amide bonds. The van der Waals surface area contributed by atoms with E-state index in [-0.39, 0.29) is 5.92 Å². The van der Waals surface area contributed by atoms with Crippen LogP contribution in [0, 0.1) is 5.92 Å². The number of alkyl halides is 3. The minimum absolute atomic E-state index is 0.192. The van der Waals surface area contributed by atoms with E-state index in [9.17, 15) is 13.2 Å². The van der Waals surface area contributed by atoms with E-state index in [1.54, 1.807) is 6.07 Å². The standard InChI is InChI=1S/C13H19F3N4O/c1-2-21-12-5-11(18-9-19-12)17-6-10-3-4-20(7-10)8-13(14,15)16/h5,9-10H,2-4,6-8H2,1H3,(H,17,18,19). The van der Waals surface area contributed by atoms with Gasteiger partial charge in [0.2, 0.25) is 5.88 Å². The topological polar surface area (TPSA) is 50.3 Å². The summed E-state index contributed by atoms with van der Waals surface area (Å²) in [5, 5.41) is 3.13. The van der Waals surface area contributed by atoms with E-state index in [2.05, 4.69) is 15.3 Å². The van der Waals surface area contributed by atoms with Gasteiger partial charge in [0.25, 0.3) is 0 Å². The van der Waals surface area contributed by atoms with Crippen LogP contribution in [0.3, 0.4) is 0 Å². The Balaban J connectivity index is 1.78. The number of rotatable bonds is 6. The lowest BCUT2D eigenvalue weighted by Gasteiger charge is -2.18. The summed E-state index contributed by atoms with van der Waals surface area (Å²) < 4.78 is 42.2. The van der Waals surface area contributed by atoms with E-state index in [4.69, 9.17) is 4.74 Å². The molecule has 0 radical (unpaired) electrons. The summed E-state index contributed by atoms with van der Waals surface area (Å²) in [5.41, 5.74) is 0. The van der Waals surface area contributed by atoms with Gasteiger partial charge in [-0.15, -0.1) is 0 Å². The maximum absolute atomic E-state index is 12.3. The first-order chi connectivity index (χ1) is 9.96. The van der Waals surface area contributed by atoms with Gasteiger partial charge in [-0.05, 0) is 25.8 Å². The summed E-state index contributed by atoms with van der Waals surface area (Å²) in [7, 11) is 0. The molecule has 1 N–H and O–H groups in total. The molecule has 0 aliphatic carbocycles. The maximum atomic E-state index is 12.3. The monoisotopic (exact) mass is 304 g/mol. The van der Waals surface area contributed by atoms with Crippen LogP contribution in [0.1, 0.15) is 13.3 Å². The van der Waals surface area contributed by atoms with E-state index in [0.29, 0.717) is 37.9 Å². The fourth-order valence-electron chi connectivity index (χ4n) is 2.39. The van der Waals surface area contributed by atoms with E-state index < -0.39 is 12.7 Å². The first kappa shape index (κ1) is 15.8. The van der Waals surface area contributed by atoms with Crippen LogP contribution in [-0.2, 0) is 0 Å². The molecule has 1 aliphatic heterocycles. The third kappa shape index (κ3) is 5.37. The summed E-state index contributed by atoms with van der Waals surface area (Å²) in [4.78, 5) is 9.46. The average molecular weight is 304 g/mol. The van der Waals surface area contributed by atoms with Gasteiger partial charge in [0.1, 0.15) is 12.1 Å². The second-order valence-electron chi connectivity index (χ2n) is 5.06. The summed E-state index contributed by atoms with van der Waals surface area (Å²) >= 11 is 0. The second-order valence-corrected chi connectivity index (χ2v) is 5.06. The molecule has 1 atom stereocenters. The fourth-order valence-corrected chi connectivity index (χ4v) is 2.39. The van der Waals surface area contributed by atoms with Crippen LogP contribution >= 0.6 is 0 Å². The number of nitrogens with one attached hydrogen (secondary N) is 1. The van der Waals surface area contributed by atoms with Crippen molar-refractivity contribution in [1.82, 2.24) is 14.9 Å². The summed E-state index contributed by atoms with van der Waals surface area (Å²) in [6, 6.07) is 1.69. The smallest absolute Gasteiger partial charge is 0.401 e. The predicted octanol–water partition coefficient (Wildman–Crippen LogP) is 2.17. The molecule has 21 heavy (non-hydrogen) atoms. The molecule has 2 heterocycles. The van der Waals surface area contributed by atoms with Crippen LogP contribution in [-0.4, -0.2) is 53.8 Å². The SMILES string of the molecule is CCOc1cc(NCC2CCN(CC(F)(F)F)C2)ncn1. The molecule has 0 saturated carbocycles. The van der Waals surface area contributed by atoms with Crippen molar-refractivity contribution < 1.29 is 17.9 Å². The molecule has 0 spiro atoms. The molecule has 118 valence electrons. The van der Waals surface area contributed by atoms with Gasteiger partial charge in [0.15, 0.2) is 0 Å². The molecular formula is C13H19F3N4O. The lowest BCUT2D eigenvalue weighted by Crippen LogP contribution is -2.33. The van der Waals surface area contributed by atoms with Crippen LogP contribution in [0.4, 0.5) is 19.0 Å². The van der Waals surface area contributed by atoms with Crippen molar-refractivity contribution in [3.05, 3.63) is 12.4 Å². The summed E-state index contributed by atoms with van der Waals surface area (Å²) in [6.45, 7) is 3.09. The van der Waals surface area contributed by atoms with Gasteiger partial charge in [0, 0.05) is 19.2 Å². The number of aromatic nitrogens is 2. The number of nitrogens with zero attached hydrogens (tertiary/aromatic N) is 3. The number of likely N-dealkylation sites (tertiary alicyclic amines) is 1. The molecule has 8 heteroatoms. The van der Waals surface area contributed by atoms with Crippen molar-refractivity contribution in [3.8, 4) is 5.88 Å². The third-order valence-electron chi connectivity index (χ3n) is 3.28. The Bertz CT molecular complexity index is 455. The van der Waals surface area contributed by atoms with E-state index >= 15 is 0 Å². The van der Waals surface area contributed by atoms with E-state index in [0.717, 1.165) is 6.42 Å². The number of ether oxygens (including phenoxy) is 1. The van der Waals surface area contributed by atoms with Crippen LogP contribution < -0.4 is 10.1 Å². The van der Waals surface area contributed by atoms with Crippen molar-refractivity contribution in [2.24, 2.45) is 5.92 Å². The van der Waals surface area contributed by atoms with Crippen molar-refractivity contribution in [1.29, 1.82) is 0 Å². The summed E-state index contributed by atoms with van der Waals surface area (Å²) in [6.07, 6.45) is -1.97.